The molecule has 3 aromatic heterocycles. The second kappa shape index (κ2) is 10.4. The molecule has 1 amide bonds. The smallest absolute Gasteiger partial charge is 0.246 e. The van der Waals surface area contributed by atoms with Crippen molar-refractivity contribution in [3.05, 3.63) is 78.3 Å². The Labute approximate surface area is 240 Å². The van der Waals surface area contributed by atoms with Gasteiger partial charge in [0.2, 0.25) is 5.91 Å². The molecule has 9 nitrogen and oxygen atoms in total. The van der Waals surface area contributed by atoms with Crippen LogP contribution in [0.3, 0.4) is 0 Å². The zero-order chi connectivity index (χ0) is 28.7. The third kappa shape index (κ3) is 5.04. The summed E-state index contributed by atoms with van der Waals surface area (Å²) in [4.78, 5) is 34.2. The predicted octanol–water partition coefficient (Wildman–Crippen LogP) is 6.23. The number of fused-ring (bicyclic) bond motifs is 2. The molecule has 11 heteroatoms. The number of ether oxygens (including phenoxy) is 1. The van der Waals surface area contributed by atoms with Crippen molar-refractivity contribution >= 4 is 55.8 Å². The summed E-state index contributed by atoms with van der Waals surface area (Å²) in [5, 5.41) is 3.11. The van der Waals surface area contributed by atoms with Crippen molar-refractivity contribution in [3.63, 3.8) is 0 Å². The van der Waals surface area contributed by atoms with Crippen molar-refractivity contribution in [1.82, 2.24) is 24.8 Å². The Bertz CT molecular complexity index is 1810. The Hall–Kier alpha value is -4.64. The first-order valence-electron chi connectivity index (χ1n) is 13.1. The number of rotatable bonds is 6. The molecule has 0 bridgehead atoms. The fraction of sp³-hybridized carbons (Fsp3) is 0.233. The summed E-state index contributed by atoms with van der Waals surface area (Å²) in [7, 11) is 0. The number of anilines is 3. The lowest BCUT2D eigenvalue weighted by Crippen LogP contribution is -2.61. The van der Waals surface area contributed by atoms with Gasteiger partial charge >= 0.3 is 0 Å². The molecule has 0 unspecified atom stereocenters. The summed E-state index contributed by atoms with van der Waals surface area (Å²) < 4.78 is 22.6. The first-order chi connectivity index (χ1) is 19.7. The number of pyridine rings is 1. The number of amides is 1. The molecule has 41 heavy (non-hydrogen) atoms. The van der Waals surface area contributed by atoms with Crippen molar-refractivity contribution < 1.29 is 13.9 Å². The molecule has 0 saturated carbocycles. The first-order valence-corrected chi connectivity index (χ1v) is 14.0. The summed E-state index contributed by atoms with van der Waals surface area (Å²) in [6.45, 7) is 11.1. The number of piperazine rings is 1. The third-order valence-corrected chi connectivity index (χ3v) is 8.06. The van der Waals surface area contributed by atoms with E-state index in [-0.39, 0.29) is 11.6 Å². The molecule has 6 rings (SSSR count). The minimum atomic E-state index is -0.454. The lowest BCUT2D eigenvalue weighted by Gasteiger charge is -2.47. The van der Waals surface area contributed by atoms with Crippen LogP contribution >= 0.6 is 11.3 Å². The topological polar surface area (TPSA) is 96.4 Å². The summed E-state index contributed by atoms with van der Waals surface area (Å²) in [5.74, 6) is 1.57. The average molecular weight is 570 g/mol. The van der Waals surface area contributed by atoms with E-state index in [9.17, 15) is 4.79 Å². The van der Waals surface area contributed by atoms with Crippen molar-refractivity contribution in [1.29, 1.82) is 0 Å². The molecule has 0 radical (unpaired) electrons. The van der Waals surface area contributed by atoms with E-state index in [1.807, 2.05) is 49.1 Å². The zero-order valence-corrected chi connectivity index (χ0v) is 23.7. The molecule has 1 N–H and O–H groups in total. The van der Waals surface area contributed by atoms with Gasteiger partial charge in [0.05, 0.1) is 32.5 Å². The average Bonchev–Trinajstić information content (AvgIpc) is 3.44. The van der Waals surface area contributed by atoms with Crippen LogP contribution in [0.2, 0.25) is 0 Å². The largest absolute Gasteiger partial charge is 0.457 e. The van der Waals surface area contributed by atoms with Crippen LogP contribution < -0.4 is 15.0 Å². The standard InChI is InChI=1S/C30H28FN7O2S/c1-5-26(39)38-13-12-37(15-30(38,3)4)25-11-8-21-28(36-25)29(33-16-32-21)35-20-7-9-23(18(2)27(20)31)40-19-6-10-24-22(14-19)34-17-41-24/h5-11,14,16-17H,1,12-13,15H2,2-4H3,(H,32,33,35). The molecule has 2 aromatic carbocycles. The minimum Gasteiger partial charge on any atom is -0.457 e. The molecule has 1 aliphatic heterocycles. The molecule has 1 saturated heterocycles. The maximum absolute atomic E-state index is 15.6. The number of benzene rings is 2. The zero-order valence-electron chi connectivity index (χ0n) is 22.9. The van der Waals surface area contributed by atoms with E-state index >= 15 is 4.39 Å². The number of halogens is 1. The molecule has 5 aromatic rings. The highest BCUT2D eigenvalue weighted by atomic mass is 32.1. The van der Waals surface area contributed by atoms with E-state index in [1.165, 1.54) is 12.4 Å². The van der Waals surface area contributed by atoms with E-state index in [4.69, 9.17) is 9.72 Å². The molecule has 208 valence electrons. The Morgan fingerprint density at radius 2 is 1.98 bits per heavy atom. The van der Waals surface area contributed by atoms with Crippen molar-refractivity contribution in [2.45, 2.75) is 26.3 Å². The minimum absolute atomic E-state index is 0.0877. The van der Waals surface area contributed by atoms with Gasteiger partial charge in [-0.25, -0.2) is 24.3 Å². The maximum Gasteiger partial charge on any atom is 0.246 e. The van der Waals surface area contributed by atoms with Crippen molar-refractivity contribution in [2.75, 3.05) is 29.9 Å². The third-order valence-electron chi connectivity index (χ3n) is 7.25. The van der Waals surface area contributed by atoms with Crippen LogP contribution in [-0.2, 0) is 4.79 Å². The lowest BCUT2D eigenvalue weighted by atomic mass is 9.98. The van der Waals surface area contributed by atoms with E-state index < -0.39 is 11.4 Å². The first kappa shape index (κ1) is 26.6. The van der Waals surface area contributed by atoms with Gasteiger partial charge in [-0.2, -0.15) is 0 Å². The summed E-state index contributed by atoms with van der Waals surface area (Å²) in [6.07, 6.45) is 2.77. The van der Waals surface area contributed by atoms with Gasteiger partial charge in [-0.15, -0.1) is 11.3 Å². The second-order valence-corrected chi connectivity index (χ2v) is 11.3. The number of thiazole rings is 1. The number of carbonyl (C=O) groups excluding carboxylic acids is 1. The fourth-order valence-electron chi connectivity index (χ4n) is 5.10. The van der Waals surface area contributed by atoms with Gasteiger partial charge in [0.1, 0.15) is 29.2 Å². The van der Waals surface area contributed by atoms with Crippen LogP contribution in [-0.4, -0.2) is 55.9 Å². The molecule has 0 aliphatic carbocycles. The summed E-state index contributed by atoms with van der Waals surface area (Å²) in [5.41, 5.74) is 3.94. The second-order valence-electron chi connectivity index (χ2n) is 10.4. The van der Waals surface area contributed by atoms with E-state index in [0.29, 0.717) is 53.5 Å². The molecular weight excluding hydrogens is 541 g/mol. The number of hydrogen-bond acceptors (Lipinski definition) is 9. The number of nitrogens with zero attached hydrogens (tertiary/aromatic N) is 6. The van der Waals surface area contributed by atoms with Gasteiger partial charge in [0.25, 0.3) is 0 Å². The SMILES string of the molecule is C=CC(=O)N1CCN(c2ccc3ncnc(Nc4ccc(Oc5ccc6scnc6c5)c(C)c4F)c3n2)CC1(C)C. The van der Waals surface area contributed by atoms with Crippen LogP contribution in [0.5, 0.6) is 11.5 Å². The Morgan fingerprint density at radius 1 is 1.12 bits per heavy atom. The van der Waals surface area contributed by atoms with Crippen LogP contribution in [0.15, 0.2) is 67.0 Å². The molecule has 1 aliphatic rings. The van der Waals surface area contributed by atoms with E-state index in [1.54, 1.807) is 35.9 Å². The van der Waals surface area contributed by atoms with E-state index in [0.717, 1.165) is 16.0 Å². The van der Waals surface area contributed by atoms with Crippen LogP contribution in [0.25, 0.3) is 21.3 Å². The lowest BCUT2D eigenvalue weighted by molar-refractivity contribution is -0.131. The highest BCUT2D eigenvalue weighted by Crippen LogP contribution is 2.34. The number of nitrogens with one attached hydrogen (secondary N) is 1. The molecule has 0 spiro atoms. The van der Waals surface area contributed by atoms with Crippen molar-refractivity contribution in [2.24, 2.45) is 0 Å². The highest BCUT2D eigenvalue weighted by Gasteiger charge is 2.36. The van der Waals surface area contributed by atoms with Gasteiger partial charge < -0.3 is 19.9 Å². The van der Waals surface area contributed by atoms with Crippen molar-refractivity contribution in [3.8, 4) is 11.5 Å². The van der Waals surface area contributed by atoms with Crippen LogP contribution in [0.1, 0.15) is 19.4 Å². The highest BCUT2D eigenvalue weighted by molar-refractivity contribution is 7.16. The van der Waals surface area contributed by atoms with E-state index in [2.05, 4.69) is 31.7 Å². The number of aromatic nitrogens is 4. The summed E-state index contributed by atoms with van der Waals surface area (Å²) >= 11 is 1.55. The van der Waals surface area contributed by atoms with Gasteiger partial charge in [-0.3, -0.25) is 4.79 Å². The molecular formula is C30H28FN7O2S. The van der Waals surface area contributed by atoms with Gasteiger partial charge in [0.15, 0.2) is 11.6 Å². The fourth-order valence-corrected chi connectivity index (χ4v) is 5.76. The Kier molecular flexibility index (Phi) is 6.74. The van der Waals surface area contributed by atoms with Gasteiger partial charge in [-0.1, -0.05) is 6.58 Å². The summed E-state index contributed by atoms with van der Waals surface area (Å²) in [6, 6.07) is 12.7. The monoisotopic (exact) mass is 569 g/mol. The quantitative estimate of drug-likeness (QED) is 0.241. The number of hydrogen-bond donors (Lipinski definition) is 1. The van der Waals surface area contributed by atoms with Gasteiger partial charge in [-0.05, 0) is 63.2 Å². The van der Waals surface area contributed by atoms with Crippen LogP contribution in [0, 0.1) is 12.7 Å². The molecule has 4 heterocycles. The maximum atomic E-state index is 15.6. The Morgan fingerprint density at radius 3 is 2.78 bits per heavy atom. The molecule has 0 atom stereocenters. The van der Waals surface area contributed by atoms with Crippen LogP contribution in [0.4, 0.5) is 21.7 Å². The number of carbonyl (C=O) groups is 1. The van der Waals surface area contributed by atoms with Gasteiger partial charge in [0, 0.05) is 31.3 Å². The predicted molar refractivity (Wildman–Crippen MR) is 160 cm³/mol. The normalized spacial score (nSPS) is 14.8. The molecule has 1 fully saturated rings. The Balaban J connectivity index is 1.26.